The Morgan fingerprint density at radius 2 is 1.71 bits per heavy atom. The summed E-state index contributed by atoms with van der Waals surface area (Å²) < 4.78 is 40.4. The lowest BCUT2D eigenvalue weighted by Gasteiger charge is -2.33. The maximum absolute atomic E-state index is 12.7. The molecule has 1 amide bonds. The predicted octanol–water partition coefficient (Wildman–Crippen LogP) is 4.08. The van der Waals surface area contributed by atoms with Crippen molar-refractivity contribution in [2.45, 2.75) is 82.6 Å². The fourth-order valence-corrected chi connectivity index (χ4v) is 5.10. The lowest BCUT2D eigenvalue weighted by Crippen LogP contribution is -2.46. The zero-order valence-corrected chi connectivity index (χ0v) is 19.8. The third-order valence-corrected chi connectivity index (χ3v) is 6.46. The van der Waals surface area contributed by atoms with Crippen LogP contribution in [0.15, 0.2) is 30.3 Å². The van der Waals surface area contributed by atoms with Gasteiger partial charge in [0, 0.05) is 6.54 Å². The monoisotopic (exact) mass is 453 g/mol. The molecule has 31 heavy (non-hydrogen) atoms. The SMILES string of the molecule is CC(C)(C)OC(=O)N1CC[C@@H](OS(C)(=O)=O)[C@@H]1CO[C@H]1CC[C@@H](c2ccccc2)CC1. The van der Waals surface area contributed by atoms with Crippen molar-refractivity contribution in [3.05, 3.63) is 35.9 Å². The first kappa shape index (κ1) is 24.0. The highest BCUT2D eigenvalue weighted by atomic mass is 32.2. The minimum atomic E-state index is -3.64. The van der Waals surface area contributed by atoms with Crippen LogP contribution in [0.5, 0.6) is 0 Å². The molecule has 1 saturated heterocycles. The highest BCUT2D eigenvalue weighted by Crippen LogP contribution is 2.34. The van der Waals surface area contributed by atoms with Crippen molar-refractivity contribution < 1.29 is 26.9 Å². The van der Waals surface area contributed by atoms with Crippen LogP contribution < -0.4 is 0 Å². The van der Waals surface area contributed by atoms with E-state index in [1.165, 1.54) is 5.56 Å². The highest BCUT2D eigenvalue weighted by molar-refractivity contribution is 7.86. The molecule has 2 fully saturated rings. The maximum Gasteiger partial charge on any atom is 0.410 e. The molecular formula is C23H35NO6S. The molecule has 1 aromatic carbocycles. The van der Waals surface area contributed by atoms with Gasteiger partial charge < -0.3 is 14.4 Å². The average Bonchev–Trinajstić information content (AvgIpc) is 3.07. The van der Waals surface area contributed by atoms with Crippen LogP contribution in [0.4, 0.5) is 4.79 Å². The van der Waals surface area contributed by atoms with Gasteiger partial charge in [0.15, 0.2) is 0 Å². The standard InChI is InChI=1S/C23H35NO6S/c1-23(2,3)29-22(25)24-15-14-21(30-31(4,26)27)20(24)16-28-19-12-10-18(11-13-19)17-8-6-5-7-9-17/h5-9,18-21H,10-16H2,1-4H3/t18-,19+,20-,21+/m0/s1. The highest BCUT2D eigenvalue weighted by Gasteiger charge is 2.42. The number of benzene rings is 1. The molecule has 1 heterocycles. The summed E-state index contributed by atoms with van der Waals surface area (Å²) >= 11 is 0. The van der Waals surface area contributed by atoms with Crippen molar-refractivity contribution >= 4 is 16.2 Å². The van der Waals surface area contributed by atoms with Crippen molar-refractivity contribution in [2.75, 3.05) is 19.4 Å². The first-order valence-electron chi connectivity index (χ1n) is 11.1. The van der Waals surface area contributed by atoms with Gasteiger partial charge in [-0.1, -0.05) is 30.3 Å². The van der Waals surface area contributed by atoms with Gasteiger partial charge in [-0.3, -0.25) is 4.18 Å². The van der Waals surface area contributed by atoms with Gasteiger partial charge in [0.2, 0.25) is 0 Å². The quantitative estimate of drug-likeness (QED) is 0.604. The summed E-state index contributed by atoms with van der Waals surface area (Å²) in [5.74, 6) is 0.548. The number of nitrogens with zero attached hydrogens (tertiary/aromatic N) is 1. The van der Waals surface area contributed by atoms with E-state index in [-0.39, 0.29) is 12.7 Å². The minimum Gasteiger partial charge on any atom is -0.444 e. The van der Waals surface area contributed by atoms with E-state index in [4.69, 9.17) is 13.7 Å². The van der Waals surface area contributed by atoms with E-state index in [2.05, 4.69) is 24.3 Å². The first-order valence-corrected chi connectivity index (χ1v) is 12.9. The Morgan fingerprint density at radius 1 is 1.06 bits per heavy atom. The van der Waals surface area contributed by atoms with E-state index in [9.17, 15) is 13.2 Å². The van der Waals surface area contributed by atoms with Crippen molar-refractivity contribution in [3.63, 3.8) is 0 Å². The predicted molar refractivity (Wildman–Crippen MR) is 118 cm³/mol. The molecule has 0 bridgehead atoms. The third kappa shape index (κ3) is 7.19. The molecule has 3 rings (SSSR count). The van der Waals surface area contributed by atoms with E-state index >= 15 is 0 Å². The molecule has 0 unspecified atom stereocenters. The van der Waals surface area contributed by atoms with E-state index in [1.807, 2.05) is 26.8 Å². The number of likely N-dealkylation sites (tertiary alicyclic amines) is 1. The second kappa shape index (κ2) is 9.88. The summed E-state index contributed by atoms with van der Waals surface area (Å²) in [5.41, 5.74) is 0.739. The maximum atomic E-state index is 12.7. The van der Waals surface area contributed by atoms with Crippen LogP contribution in [0.1, 0.15) is 64.4 Å². The summed E-state index contributed by atoms with van der Waals surface area (Å²) in [6.45, 7) is 6.04. The molecule has 8 heteroatoms. The number of carbonyl (C=O) groups is 1. The second-order valence-electron chi connectivity index (χ2n) is 9.59. The Labute approximate surface area is 186 Å². The lowest BCUT2D eigenvalue weighted by molar-refractivity contribution is -0.0298. The smallest absolute Gasteiger partial charge is 0.410 e. The van der Waals surface area contributed by atoms with Crippen molar-refractivity contribution in [2.24, 2.45) is 0 Å². The molecule has 2 aliphatic rings. The van der Waals surface area contributed by atoms with Gasteiger partial charge in [-0.2, -0.15) is 8.42 Å². The van der Waals surface area contributed by atoms with Gasteiger partial charge in [-0.05, 0) is 64.4 Å². The van der Waals surface area contributed by atoms with Crippen LogP contribution in [-0.2, 0) is 23.8 Å². The zero-order chi connectivity index (χ0) is 22.6. The van der Waals surface area contributed by atoms with E-state index < -0.39 is 34.0 Å². The van der Waals surface area contributed by atoms with E-state index in [1.54, 1.807) is 4.90 Å². The topological polar surface area (TPSA) is 82.1 Å². The number of amides is 1. The number of hydrogen-bond acceptors (Lipinski definition) is 6. The molecule has 174 valence electrons. The Morgan fingerprint density at radius 3 is 2.29 bits per heavy atom. The number of hydrogen-bond donors (Lipinski definition) is 0. The van der Waals surface area contributed by atoms with Crippen LogP contribution in [0.3, 0.4) is 0 Å². The van der Waals surface area contributed by atoms with Crippen molar-refractivity contribution in [3.8, 4) is 0 Å². The molecular weight excluding hydrogens is 418 g/mol. The Kier molecular flexibility index (Phi) is 7.65. The van der Waals surface area contributed by atoms with Crippen LogP contribution in [0.25, 0.3) is 0 Å². The van der Waals surface area contributed by atoms with Gasteiger partial charge in [0.05, 0.1) is 25.0 Å². The largest absolute Gasteiger partial charge is 0.444 e. The first-order chi connectivity index (χ1) is 14.5. The van der Waals surface area contributed by atoms with Gasteiger partial charge in [0.1, 0.15) is 11.7 Å². The minimum absolute atomic E-state index is 0.0972. The number of carbonyl (C=O) groups excluding carboxylic acids is 1. The summed E-state index contributed by atoms with van der Waals surface area (Å²) in [5, 5.41) is 0. The zero-order valence-electron chi connectivity index (χ0n) is 19.0. The van der Waals surface area contributed by atoms with E-state index in [0.717, 1.165) is 31.9 Å². The number of rotatable bonds is 6. The summed E-state index contributed by atoms with van der Waals surface area (Å²) in [4.78, 5) is 14.2. The van der Waals surface area contributed by atoms with Gasteiger partial charge in [0.25, 0.3) is 10.1 Å². The van der Waals surface area contributed by atoms with Gasteiger partial charge >= 0.3 is 6.09 Å². The third-order valence-electron chi connectivity index (χ3n) is 5.86. The molecule has 7 nitrogen and oxygen atoms in total. The van der Waals surface area contributed by atoms with Crippen LogP contribution in [0.2, 0.25) is 0 Å². The number of ether oxygens (including phenoxy) is 2. The van der Waals surface area contributed by atoms with Gasteiger partial charge in [-0.25, -0.2) is 4.79 Å². The lowest BCUT2D eigenvalue weighted by atomic mass is 9.83. The normalized spacial score (nSPS) is 27.3. The molecule has 1 aromatic rings. The fraction of sp³-hybridized carbons (Fsp3) is 0.696. The Bertz CT molecular complexity index is 827. The average molecular weight is 454 g/mol. The molecule has 1 saturated carbocycles. The molecule has 0 radical (unpaired) electrons. The second-order valence-corrected chi connectivity index (χ2v) is 11.2. The molecule has 0 spiro atoms. The van der Waals surface area contributed by atoms with Crippen LogP contribution >= 0.6 is 0 Å². The summed E-state index contributed by atoms with van der Waals surface area (Å²) in [6, 6.07) is 10.0. The van der Waals surface area contributed by atoms with Crippen molar-refractivity contribution in [1.29, 1.82) is 0 Å². The Balaban J connectivity index is 1.59. The Hall–Kier alpha value is -1.64. The molecule has 0 aromatic heterocycles. The fourth-order valence-electron chi connectivity index (χ4n) is 4.43. The molecule has 1 aliphatic carbocycles. The van der Waals surface area contributed by atoms with Gasteiger partial charge in [-0.15, -0.1) is 0 Å². The van der Waals surface area contributed by atoms with E-state index in [0.29, 0.717) is 18.9 Å². The summed E-state index contributed by atoms with van der Waals surface area (Å²) in [7, 11) is -3.64. The molecule has 2 atom stereocenters. The summed E-state index contributed by atoms with van der Waals surface area (Å²) in [6.07, 6.45) is 4.47. The van der Waals surface area contributed by atoms with Crippen LogP contribution in [0, 0.1) is 0 Å². The molecule has 0 N–H and O–H groups in total. The van der Waals surface area contributed by atoms with Crippen LogP contribution in [-0.4, -0.2) is 62.7 Å². The van der Waals surface area contributed by atoms with Crippen molar-refractivity contribution in [1.82, 2.24) is 4.90 Å². The molecule has 1 aliphatic heterocycles.